The third kappa shape index (κ3) is 2.15. The molecule has 0 aromatic heterocycles. The molecule has 0 unspecified atom stereocenters. The van der Waals surface area contributed by atoms with Gasteiger partial charge in [-0.2, -0.15) is 0 Å². The Labute approximate surface area is 57.8 Å². The molecular formula is C4H8O3S2. The first-order valence-electron chi connectivity index (χ1n) is 2.65. The molecule has 3 nitrogen and oxygen atoms in total. The van der Waals surface area contributed by atoms with Crippen molar-refractivity contribution in [1.29, 1.82) is 0 Å². The Morgan fingerprint density at radius 3 is 2.56 bits per heavy atom. The van der Waals surface area contributed by atoms with Crippen LogP contribution < -0.4 is 0 Å². The molecule has 1 N–H and O–H groups in total. The lowest BCUT2D eigenvalue weighted by Crippen LogP contribution is -2.24. The summed E-state index contributed by atoms with van der Waals surface area (Å²) in [6, 6.07) is 0. The molecule has 5 heteroatoms. The Hall–Kier alpha value is 0.260. The summed E-state index contributed by atoms with van der Waals surface area (Å²) in [5.74, 6) is 0.459. The number of aliphatic hydroxyl groups is 1. The van der Waals surface area contributed by atoms with E-state index in [9.17, 15) is 8.42 Å². The molecule has 0 saturated carbocycles. The van der Waals surface area contributed by atoms with Gasteiger partial charge in [-0.25, -0.2) is 8.42 Å². The van der Waals surface area contributed by atoms with Gasteiger partial charge in [-0.15, -0.1) is 0 Å². The first kappa shape index (κ1) is 7.37. The highest BCUT2D eigenvalue weighted by Crippen LogP contribution is 2.22. The van der Waals surface area contributed by atoms with Gasteiger partial charge in [0.1, 0.15) is 0 Å². The van der Waals surface area contributed by atoms with Gasteiger partial charge in [-0.05, 0) is 17.2 Å². The molecule has 54 valence electrons. The molecule has 1 rings (SSSR count). The van der Waals surface area contributed by atoms with Crippen LogP contribution in [0.5, 0.6) is 0 Å². The highest BCUT2D eigenvalue weighted by atomic mass is 33.1. The SMILES string of the molecule is O=S1(=O)C[C@@H](O)CCS1. The Bertz CT molecular complexity index is 184. The van der Waals surface area contributed by atoms with E-state index in [4.69, 9.17) is 5.11 Å². The predicted molar refractivity (Wildman–Crippen MR) is 36.9 cm³/mol. The molecule has 0 aromatic rings. The molecule has 1 saturated heterocycles. The van der Waals surface area contributed by atoms with Crippen molar-refractivity contribution < 1.29 is 13.5 Å². The van der Waals surface area contributed by atoms with Crippen LogP contribution in [0.15, 0.2) is 0 Å². The van der Waals surface area contributed by atoms with E-state index in [-0.39, 0.29) is 5.75 Å². The van der Waals surface area contributed by atoms with Gasteiger partial charge >= 0.3 is 0 Å². The van der Waals surface area contributed by atoms with Gasteiger partial charge in [0.25, 0.3) is 0 Å². The summed E-state index contributed by atoms with van der Waals surface area (Å²) in [6.07, 6.45) is -0.0274. The zero-order valence-corrected chi connectivity index (χ0v) is 6.41. The monoisotopic (exact) mass is 168 g/mol. The third-order valence-corrected chi connectivity index (χ3v) is 4.65. The molecule has 1 fully saturated rings. The fourth-order valence-corrected chi connectivity index (χ4v) is 3.84. The van der Waals surface area contributed by atoms with Gasteiger partial charge in [0.05, 0.1) is 11.9 Å². The lowest BCUT2D eigenvalue weighted by molar-refractivity contribution is 0.194. The van der Waals surface area contributed by atoms with Crippen LogP contribution in [0.25, 0.3) is 0 Å². The lowest BCUT2D eigenvalue weighted by Gasteiger charge is -2.14. The topological polar surface area (TPSA) is 54.4 Å². The van der Waals surface area contributed by atoms with E-state index in [0.29, 0.717) is 12.2 Å². The van der Waals surface area contributed by atoms with E-state index < -0.39 is 15.0 Å². The molecule has 0 amide bonds. The van der Waals surface area contributed by atoms with Crippen LogP contribution in [0.1, 0.15) is 6.42 Å². The largest absolute Gasteiger partial charge is 0.392 e. The van der Waals surface area contributed by atoms with E-state index in [0.717, 1.165) is 10.8 Å². The maximum absolute atomic E-state index is 10.7. The summed E-state index contributed by atoms with van der Waals surface area (Å²) < 4.78 is 21.3. The molecule has 0 bridgehead atoms. The molecule has 0 aromatic carbocycles. The smallest absolute Gasteiger partial charge is 0.204 e. The Morgan fingerprint density at radius 2 is 2.22 bits per heavy atom. The molecule has 0 aliphatic carbocycles. The van der Waals surface area contributed by atoms with E-state index in [1.165, 1.54) is 0 Å². The third-order valence-electron chi connectivity index (χ3n) is 1.11. The van der Waals surface area contributed by atoms with Crippen molar-refractivity contribution in [1.82, 2.24) is 0 Å². The number of hydrogen-bond donors (Lipinski definition) is 1. The van der Waals surface area contributed by atoms with E-state index >= 15 is 0 Å². The number of aliphatic hydroxyl groups excluding tert-OH is 1. The van der Waals surface area contributed by atoms with Crippen molar-refractivity contribution in [2.45, 2.75) is 12.5 Å². The number of hydrogen-bond acceptors (Lipinski definition) is 4. The van der Waals surface area contributed by atoms with Crippen molar-refractivity contribution in [2.75, 3.05) is 11.5 Å². The standard InChI is InChI=1S/C4H8O3S2/c5-4-1-2-8-9(6,7)3-4/h4-5H,1-3H2/t4-/m0/s1. The fourth-order valence-electron chi connectivity index (χ4n) is 0.678. The van der Waals surface area contributed by atoms with Gasteiger partial charge in [0.2, 0.25) is 8.87 Å². The minimum atomic E-state index is -2.97. The molecular weight excluding hydrogens is 160 g/mol. The Balaban J connectivity index is 2.62. The first-order valence-corrected chi connectivity index (χ1v) is 5.81. The maximum atomic E-state index is 10.7. The van der Waals surface area contributed by atoms with Crippen LogP contribution in [0.2, 0.25) is 0 Å². The van der Waals surface area contributed by atoms with Gasteiger partial charge in [-0.1, -0.05) is 0 Å². The number of rotatable bonds is 0. The van der Waals surface area contributed by atoms with Gasteiger partial charge in [-0.3, -0.25) is 0 Å². The summed E-state index contributed by atoms with van der Waals surface area (Å²) in [7, 11) is -2.03. The second-order valence-electron chi connectivity index (χ2n) is 1.99. The quantitative estimate of drug-likeness (QED) is 0.509. The van der Waals surface area contributed by atoms with Crippen molar-refractivity contribution >= 4 is 19.7 Å². The zero-order chi connectivity index (χ0) is 6.91. The molecule has 0 spiro atoms. The normalized spacial score (nSPS) is 34.1. The van der Waals surface area contributed by atoms with Crippen LogP contribution in [-0.4, -0.2) is 31.1 Å². The second-order valence-corrected chi connectivity index (χ2v) is 6.31. The minimum absolute atomic E-state index is 0.0718. The second kappa shape index (κ2) is 2.48. The summed E-state index contributed by atoms with van der Waals surface area (Å²) in [4.78, 5) is 0. The predicted octanol–water partition coefficient (Wildman–Crippen LogP) is -0.186. The maximum Gasteiger partial charge on any atom is 0.204 e. The van der Waals surface area contributed by atoms with Crippen molar-refractivity contribution in [3.63, 3.8) is 0 Å². The first-order chi connectivity index (χ1) is 4.10. The fraction of sp³-hybridized carbons (Fsp3) is 1.00. The van der Waals surface area contributed by atoms with Crippen LogP contribution in [0.4, 0.5) is 0 Å². The average Bonchev–Trinajstić information content (AvgIpc) is 1.60. The summed E-state index contributed by atoms with van der Waals surface area (Å²) in [5, 5.41) is 8.85. The van der Waals surface area contributed by atoms with Crippen LogP contribution in [-0.2, 0) is 8.87 Å². The van der Waals surface area contributed by atoms with Gasteiger partial charge in [0.15, 0.2) is 0 Å². The van der Waals surface area contributed by atoms with E-state index in [1.54, 1.807) is 0 Å². The molecule has 1 atom stereocenters. The minimum Gasteiger partial charge on any atom is -0.392 e. The van der Waals surface area contributed by atoms with Crippen molar-refractivity contribution in [3.8, 4) is 0 Å². The zero-order valence-electron chi connectivity index (χ0n) is 4.78. The van der Waals surface area contributed by atoms with Crippen LogP contribution in [0, 0.1) is 0 Å². The van der Waals surface area contributed by atoms with E-state index in [1.807, 2.05) is 0 Å². The van der Waals surface area contributed by atoms with Gasteiger partial charge < -0.3 is 5.11 Å². The molecule has 9 heavy (non-hydrogen) atoms. The van der Waals surface area contributed by atoms with Gasteiger partial charge in [0, 0.05) is 5.75 Å². The summed E-state index contributed by atoms with van der Waals surface area (Å²) in [6.45, 7) is 0. The molecule has 1 aliphatic heterocycles. The highest BCUT2D eigenvalue weighted by molar-refractivity contribution is 8.72. The Kier molecular flexibility index (Phi) is 2.03. The molecule has 1 heterocycles. The van der Waals surface area contributed by atoms with Crippen LogP contribution >= 0.6 is 10.8 Å². The summed E-state index contributed by atoms with van der Waals surface area (Å²) >= 11 is 0. The average molecular weight is 168 g/mol. The molecule has 1 aliphatic rings. The van der Waals surface area contributed by atoms with Crippen molar-refractivity contribution in [3.05, 3.63) is 0 Å². The van der Waals surface area contributed by atoms with E-state index in [2.05, 4.69) is 0 Å². The Morgan fingerprint density at radius 1 is 1.56 bits per heavy atom. The summed E-state index contributed by atoms with van der Waals surface area (Å²) in [5.41, 5.74) is 0. The van der Waals surface area contributed by atoms with Crippen molar-refractivity contribution in [2.24, 2.45) is 0 Å². The lowest BCUT2D eigenvalue weighted by atomic mass is 10.3. The molecule has 0 radical (unpaired) electrons. The van der Waals surface area contributed by atoms with Crippen LogP contribution in [0.3, 0.4) is 0 Å². The highest BCUT2D eigenvalue weighted by Gasteiger charge is 2.23.